The van der Waals surface area contributed by atoms with Gasteiger partial charge in [-0.1, -0.05) is 0 Å². The van der Waals surface area contributed by atoms with E-state index in [4.69, 9.17) is 17.3 Å². The van der Waals surface area contributed by atoms with Crippen molar-refractivity contribution in [3.05, 3.63) is 11.4 Å². The molecule has 1 saturated carbocycles. The van der Waals surface area contributed by atoms with Crippen LogP contribution in [-0.2, 0) is 9.59 Å². The lowest BCUT2D eigenvalue weighted by Gasteiger charge is -2.23. The molecule has 2 amide bonds. The Hall–Kier alpha value is -2.42. The molecule has 1 aliphatic carbocycles. The molecule has 1 aromatic rings. The molecule has 0 atom stereocenters. The molecule has 0 aromatic carbocycles. The van der Waals surface area contributed by atoms with Gasteiger partial charge in [0.2, 0.25) is 11.8 Å². The van der Waals surface area contributed by atoms with Crippen molar-refractivity contribution in [3.63, 3.8) is 0 Å². The lowest BCUT2D eigenvalue weighted by molar-refractivity contribution is -0.117. The number of hydrazine groups is 1. The van der Waals surface area contributed by atoms with E-state index in [2.05, 4.69) is 15.4 Å². The summed E-state index contributed by atoms with van der Waals surface area (Å²) in [4.78, 5) is 32.7. The van der Waals surface area contributed by atoms with Gasteiger partial charge in [-0.05, 0) is 19.8 Å². The van der Waals surface area contributed by atoms with Crippen LogP contribution < -0.4 is 27.6 Å². The van der Waals surface area contributed by atoms with Gasteiger partial charge in [-0.3, -0.25) is 9.59 Å². The summed E-state index contributed by atoms with van der Waals surface area (Å²) < 4.78 is 0. The molecule has 2 rings (SSSR count). The summed E-state index contributed by atoms with van der Waals surface area (Å²) >= 11 is 0. The Morgan fingerprint density at radius 2 is 1.81 bits per heavy atom. The molecule has 21 heavy (non-hydrogen) atoms. The first-order valence-corrected chi connectivity index (χ1v) is 6.59. The van der Waals surface area contributed by atoms with Crippen molar-refractivity contribution in [2.24, 2.45) is 17.3 Å². The standard InChI is InChI=1S/C12H19N7O2/c1-6-10(18-15)16-11(7-2-3-7)17-12(6)19(4-8(13)20)5-9(14)21/h7H,2-5,15H2,1H3,(H2,13,20)(H2,14,21)(H,16,17,18). The summed E-state index contributed by atoms with van der Waals surface area (Å²) in [6.07, 6.45) is 2.02. The minimum atomic E-state index is -0.579. The van der Waals surface area contributed by atoms with Gasteiger partial charge in [-0.25, -0.2) is 15.8 Å². The van der Waals surface area contributed by atoms with Gasteiger partial charge >= 0.3 is 0 Å². The summed E-state index contributed by atoms with van der Waals surface area (Å²) in [6, 6.07) is 0. The van der Waals surface area contributed by atoms with Crippen molar-refractivity contribution in [1.82, 2.24) is 9.97 Å². The second-order valence-corrected chi connectivity index (χ2v) is 5.09. The smallest absolute Gasteiger partial charge is 0.237 e. The minimum absolute atomic E-state index is 0.158. The molecule has 0 radical (unpaired) electrons. The molecule has 1 fully saturated rings. The van der Waals surface area contributed by atoms with Crippen molar-refractivity contribution in [1.29, 1.82) is 0 Å². The predicted octanol–water partition coefficient (Wildman–Crippen LogP) is -1.27. The van der Waals surface area contributed by atoms with Crippen molar-refractivity contribution >= 4 is 23.5 Å². The fraction of sp³-hybridized carbons (Fsp3) is 0.500. The quantitative estimate of drug-likeness (QED) is 0.361. The van der Waals surface area contributed by atoms with Crippen LogP contribution in [0.25, 0.3) is 0 Å². The van der Waals surface area contributed by atoms with E-state index in [-0.39, 0.29) is 13.1 Å². The fourth-order valence-electron chi connectivity index (χ4n) is 2.08. The van der Waals surface area contributed by atoms with E-state index in [9.17, 15) is 9.59 Å². The number of aromatic nitrogens is 2. The highest BCUT2D eigenvalue weighted by Gasteiger charge is 2.29. The first-order chi connectivity index (χ1) is 9.92. The van der Waals surface area contributed by atoms with Crippen LogP contribution in [0.15, 0.2) is 0 Å². The van der Waals surface area contributed by atoms with Crippen LogP contribution in [0.2, 0.25) is 0 Å². The zero-order valence-electron chi connectivity index (χ0n) is 11.8. The van der Waals surface area contributed by atoms with Gasteiger partial charge in [0.05, 0.1) is 13.1 Å². The topological polar surface area (TPSA) is 153 Å². The van der Waals surface area contributed by atoms with Crippen LogP contribution in [0.5, 0.6) is 0 Å². The maximum atomic E-state index is 11.2. The number of nitrogens with one attached hydrogen (secondary N) is 1. The Morgan fingerprint density at radius 3 is 2.24 bits per heavy atom. The zero-order chi connectivity index (χ0) is 15.6. The zero-order valence-corrected chi connectivity index (χ0v) is 11.8. The van der Waals surface area contributed by atoms with E-state index in [0.29, 0.717) is 28.9 Å². The summed E-state index contributed by atoms with van der Waals surface area (Å²) in [5, 5.41) is 0. The van der Waals surface area contributed by atoms with E-state index in [1.165, 1.54) is 4.90 Å². The Kier molecular flexibility index (Phi) is 4.22. The second-order valence-electron chi connectivity index (χ2n) is 5.09. The fourth-order valence-corrected chi connectivity index (χ4v) is 2.08. The molecule has 7 N–H and O–H groups in total. The third-order valence-corrected chi connectivity index (χ3v) is 3.21. The molecule has 114 valence electrons. The Balaban J connectivity index is 2.43. The number of rotatable bonds is 7. The molecule has 9 heteroatoms. The molecular formula is C12H19N7O2. The summed E-state index contributed by atoms with van der Waals surface area (Å²) in [6.45, 7) is 1.43. The molecule has 0 saturated heterocycles. The van der Waals surface area contributed by atoms with E-state index < -0.39 is 11.8 Å². The van der Waals surface area contributed by atoms with Gasteiger partial charge in [-0.2, -0.15) is 0 Å². The molecular weight excluding hydrogens is 274 g/mol. The lowest BCUT2D eigenvalue weighted by atomic mass is 10.2. The van der Waals surface area contributed by atoms with Crippen molar-refractivity contribution in [2.45, 2.75) is 25.7 Å². The first-order valence-electron chi connectivity index (χ1n) is 6.59. The van der Waals surface area contributed by atoms with Crippen LogP contribution in [0.1, 0.15) is 30.1 Å². The van der Waals surface area contributed by atoms with E-state index in [1.807, 2.05) is 0 Å². The van der Waals surface area contributed by atoms with Gasteiger partial charge in [0.25, 0.3) is 0 Å². The summed E-state index contributed by atoms with van der Waals surface area (Å²) in [7, 11) is 0. The predicted molar refractivity (Wildman–Crippen MR) is 77.2 cm³/mol. The number of primary amides is 2. The molecule has 0 unspecified atom stereocenters. The van der Waals surface area contributed by atoms with Gasteiger partial charge in [-0.15, -0.1) is 0 Å². The van der Waals surface area contributed by atoms with Gasteiger partial charge in [0.1, 0.15) is 17.5 Å². The van der Waals surface area contributed by atoms with E-state index in [0.717, 1.165) is 12.8 Å². The molecule has 1 heterocycles. The minimum Gasteiger partial charge on any atom is -0.368 e. The van der Waals surface area contributed by atoms with Crippen LogP contribution in [-0.4, -0.2) is 34.9 Å². The molecule has 0 bridgehead atoms. The highest BCUT2D eigenvalue weighted by molar-refractivity contribution is 5.85. The molecule has 0 aliphatic heterocycles. The average molecular weight is 293 g/mol. The number of amides is 2. The number of hydrogen-bond acceptors (Lipinski definition) is 7. The number of carbonyl (C=O) groups is 2. The summed E-state index contributed by atoms with van der Waals surface area (Å²) in [5.74, 6) is 6.15. The van der Waals surface area contributed by atoms with Gasteiger partial charge in [0.15, 0.2) is 0 Å². The molecule has 0 spiro atoms. The van der Waals surface area contributed by atoms with E-state index >= 15 is 0 Å². The Bertz CT molecular complexity index is 555. The number of nitrogen functional groups attached to an aromatic ring is 1. The molecule has 9 nitrogen and oxygen atoms in total. The Labute approximate surface area is 121 Å². The maximum absolute atomic E-state index is 11.2. The third-order valence-electron chi connectivity index (χ3n) is 3.21. The number of nitrogens with two attached hydrogens (primary N) is 3. The van der Waals surface area contributed by atoms with Crippen LogP contribution in [0, 0.1) is 6.92 Å². The van der Waals surface area contributed by atoms with Crippen LogP contribution >= 0.6 is 0 Å². The van der Waals surface area contributed by atoms with Crippen molar-refractivity contribution in [2.75, 3.05) is 23.4 Å². The van der Waals surface area contributed by atoms with E-state index in [1.54, 1.807) is 6.92 Å². The number of nitrogens with zero attached hydrogens (tertiary/aromatic N) is 3. The van der Waals surface area contributed by atoms with Gasteiger partial charge in [0, 0.05) is 11.5 Å². The summed E-state index contributed by atoms with van der Waals surface area (Å²) in [5.41, 5.74) is 13.6. The number of hydrogen-bond donors (Lipinski definition) is 4. The highest BCUT2D eigenvalue weighted by atomic mass is 16.2. The highest BCUT2D eigenvalue weighted by Crippen LogP contribution is 2.39. The van der Waals surface area contributed by atoms with Crippen molar-refractivity contribution in [3.8, 4) is 0 Å². The van der Waals surface area contributed by atoms with Crippen LogP contribution in [0.4, 0.5) is 11.6 Å². The lowest BCUT2D eigenvalue weighted by Crippen LogP contribution is -2.40. The average Bonchev–Trinajstić information content (AvgIpc) is 3.21. The molecule has 1 aliphatic rings. The Morgan fingerprint density at radius 1 is 1.24 bits per heavy atom. The number of carbonyl (C=O) groups excluding carboxylic acids is 2. The second kappa shape index (κ2) is 5.92. The molecule has 1 aromatic heterocycles. The third kappa shape index (κ3) is 3.57. The monoisotopic (exact) mass is 293 g/mol. The normalized spacial score (nSPS) is 13.8. The van der Waals surface area contributed by atoms with Crippen LogP contribution in [0.3, 0.4) is 0 Å². The first kappa shape index (κ1) is 15.0. The van der Waals surface area contributed by atoms with Gasteiger partial charge < -0.3 is 21.8 Å². The van der Waals surface area contributed by atoms with Crippen molar-refractivity contribution < 1.29 is 9.59 Å². The maximum Gasteiger partial charge on any atom is 0.237 e. The largest absolute Gasteiger partial charge is 0.368 e. The number of anilines is 2. The SMILES string of the molecule is Cc1c(NN)nc(C2CC2)nc1N(CC(N)=O)CC(N)=O.